The molecule has 2 amide bonds. The number of nitro benzene ring substituents is 1. The van der Waals surface area contributed by atoms with Gasteiger partial charge < -0.3 is 4.74 Å². The van der Waals surface area contributed by atoms with E-state index in [2.05, 4.69) is 0 Å². The number of benzene rings is 4. The number of esters is 1. The average Bonchev–Trinajstić information content (AvgIpc) is 3.17. The van der Waals surface area contributed by atoms with Crippen LogP contribution in [0.2, 0.25) is 0 Å². The van der Waals surface area contributed by atoms with Crippen LogP contribution in [-0.2, 0) is 4.74 Å². The van der Waals surface area contributed by atoms with E-state index in [1.807, 2.05) is 60.7 Å². The highest BCUT2D eigenvalue weighted by molar-refractivity contribution is 6.35. The molecule has 0 spiro atoms. The first-order chi connectivity index (χ1) is 17.5. The maximum atomic E-state index is 13.0. The number of hydrogen-bond acceptors (Lipinski definition) is 6. The molecule has 0 atom stereocenters. The van der Waals surface area contributed by atoms with E-state index in [1.165, 1.54) is 42.5 Å². The summed E-state index contributed by atoms with van der Waals surface area (Å²) in [5.41, 5.74) is 1.31. The van der Waals surface area contributed by atoms with Crippen LogP contribution < -0.4 is 4.90 Å². The number of anilines is 1. The second kappa shape index (κ2) is 9.27. The molecule has 1 heterocycles. The molecule has 36 heavy (non-hydrogen) atoms. The summed E-state index contributed by atoms with van der Waals surface area (Å²) in [5, 5.41) is 11.3. The van der Waals surface area contributed by atoms with E-state index >= 15 is 0 Å². The predicted molar refractivity (Wildman–Crippen MR) is 131 cm³/mol. The lowest BCUT2D eigenvalue weighted by Crippen LogP contribution is -2.29. The summed E-state index contributed by atoms with van der Waals surface area (Å²) in [6, 6.07) is 28.4. The van der Waals surface area contributed by atoms with Crippen molar-refractivity contribution in [1.82, 2.24) is 0 Å². The first-order valence-corrected chi connectivity index (χ1v) is 11.0. The lowest BCUT2D eigenvalue weighted by molar-refractivity contribution is -0.385. The Bertz CT molecular complexity index is 1440. The molecule has 0 unspecified atom stereocenters. The molecule has 5 rings (SSSR count). The Kier molecular flexibility index (Phi) is 5.83. The molecule has 1 aliphatic heterocycles. The van der Waals surface area contributed by atoms with E-state index in [4.69, 9.17) is 4.74 Å². The fraction of sp³-hybridized carbons (Fsp3) is 0.0357. The normalized spacial score (nSPS) is 12.5. The lowest BCUT2D eigenvalue weighted by Gasteiger charge is -2.19. The van der Waals surface area contributed by atoms with Crippen molar-refractivity contribution in [2.45, 2.75) is 6.10 Å². The number of hydrogen-bond donors (Lipinski definition) is 0. The molecule has 0 aromatic heterocycles. The summed E-state index contributed by atoms with van der Waals surface area (Å²) in [6.45, 7) is 0. The maximum Gasteiger partial charge on any atom is 0.339 e. The second-order valence-corrected chi connectivity index (χ2v) is 8.06. The third kappa shape index (κ3) is 4.01. The molecule has 0 N–H and O–H groups in total. The SMILES string of the molecule is O=C(OC(c1ccccc1)c1ccccc1)c1ccc(N2C(=O)c3cccc([N+](=O)[O-])c3C2=O)cc1. The van der Waals surface area contributed by atoms with Gasteiger partial charge in [0.2, 0.25) is 0 Å². The highest BCUT2D eigenvalue weighted by Crippen LogP contribution is 2.34. The Morgan fingerprint density at radius 1 is 0.750 bits per heavy atom. The van der Waals surface area contributed by atoms with Gasteiger partial charge in [-0.2, -0.15) is 0 Å². The van der Waals surface area contributed by atoms with Crippen molar-refractivity contribution >= 4 is 29.2 Å². The highest BCUT2D eigenvalue weighted by atomic mass is 16.6. The zero-order valence-corrected chi connectivity index (χ0v) is 18.7. The molecule has 0 aliphatic carbocycles. The number of rotatable bonds is 6. The first kappa shape index (κ1) is 22.7. The molecule has 0 saturated carbocycles. The van der Waals surface area contributed by atoms with Crippen LogP contribution in [0.15, 0.2) is 103 Å². The van der Waals surface area contributed by atoms with Crippen LogP contribution in [0.5, 0.6) is 0 Å². The van der Waals surface area contributed by atoms with E-state index in [9.17, 15) is 24.5 Å². The summed E-state index contributed by atoms with van der Waals surface area (Å²) in [5.74, 6) is -2.04. The monoisotopic (exact) mass is 478 g/mol. The molecule has 1 aliphatic rings. The topological polar surface area (TPSA) is 107 Å². The zero-order valence-electron chi connectivity index (χ0n) is 18.7. The van der Waals surface area contributed by atoms with Gasteiger partial charge in [0.1, 0.15) is 5.56 Å². The Labute approximate surface area is 205 Å². The third-order valence-electron chi connectivity index (χ3n) is 5.88. The smallest absolute Gasteiger partial charge is 0.339 e. The van der Waals surface area contributed by atoms with Crippen LogP contribution in [0.4, 0.5) is 11.4 Å². The number of carbonyl (C=O) groups excluding carboxylic acids is 3. The molecule has 4 aromatic carbocycles. The lowest BCUT2D eigenvalue weighted by atomic mass is 10.0. The Balaban J connectivity index is 1.40. The van der Waals surface area contributed by atoms with Gasteiger partial charge in [0.15, 0.2) is 6.10 Å². The number of nitro groups is 1. The second-order valence-electron chi connectivity index (χ2n) is 8.06. The fourth-order valence-electron chi connectivity index (χ4n) is 4.16. The minimum Gasteiger partial charge on any atom is -0.449 e. The van der Waals surface area contributed by atoms with Crippen molar-refractivity contribution in [2.24, 2.45) is 0 Å². The highest BCUT2D eigenvalue weighted by Gasteiger charge is 2.41. The number of fused-ring (bicyclic) bond motifs is 1. The first-order valence-electron chi connectivity index (χ1n) is 11.0. The number of imide groups is 1. The van der Waals surface area contributed by atoms with Crippen LogP contribution in [-0.4, -0.2) is 22.7 Å². The van der Waals surface area contributed by atoms with Crippen molar-refractivity contribution in [3.05, 3.63) is 141 Å². The largest absolute Gasteiger partial charge is 0.449 e. The minimum absolute atomic E-state index is 0.0359. The Morgan fingerprint density at radius 2 is 1.33 bits per heavy atom. The summed E-state index contributed by atoms with van der Waals surface area (Å²) in [7, 11) is 0. The summed E-state index contributed by atoms with van der Waals surface area (Å²) < 4.78 is 5.85. The molecule has 176 valence electrons. The summed E-state index contributed by atoms with van der Waals surface area (Å²) in [6.07, 6.45) is -0.628. The molecule has 0 saturated heterocycles. The molecular formula is C28H18N2O6. The van der Waals surface area contributed by atoms with Crippen LogP contribution in [0, 0.1) is 10.1 Å². The van der Waals surface area contributed by atoms with Crippen molar-refractivity contribution in [1.29, 1.82) is 0 Å². The van der Waals surface area contributed by atoms with E-state index in [1.54, 1.807) is 0 Å². The van der Waals surface area contributed by atoms with Gasteiger partial charge in [-0.1, -0.05) is 66.7 Å². The van der Waals surface area contributed by atoms with Gasteiger partial charge in [0.25, 0.3) is 17.5 Å². The van der Waals surface area contributed by atoms with E-state index in [-0.39, 0.29) is 22.4 Å². The molecule has 4 aromatic rings. The van der Waals surface area contributed by atoms with Gasteiger partial charge in [-0.15, -0.1) is 0 Å². The molecule has 0 fully saturated rings. The van der Waals surface area contributed by atoms with Crippen molar-refractivity contribution in [3.63, 3.8) is 0 Å². The van der Waals surface area contributed by atoms with Crippen LogP contribution in [0.25, 0.3) is 0 Å². The van der Waals surface area contributed by atoms with Gasteiger partial charge in [0, 0.05) is 6.07 Å². The molecule has 8 nitrogen and oxygen atoms in total. The molecular weight excluding hydrogens is 460 g/mol. The molecule has 8 heteroatoms. The standard InChI is InChI=1S/C28H18N2O6/c31-26-22-12-7-13-23(30(34)35)24(22)27(32)29(26)21-16-14-20(15-17-21)28(33)36-25(18-8-3-1-4-9-18)19-10-5-2-6-11-19/h1-17,25H. The van der Waals surface area contributed by atoms with E-state index < -0.39 is 34.5 Å². The predicted octanol–water partition coefficient (Wildman–Crippen LogP) is 5.34. The quantitative estimate of drug-likeness (QED) is 0.160. The average molecular weight is 478 g/mol. The number of nitrogens with zero attached hydrogens (tertiary/aromatic N) is 2. The zero-order chi connectivity index (χ0) is 25.2. The number of amides is 2. The van der Waals surface area contributed by atoms with Gasteiger partial charge in [-0.3, -0.25) is 19.7 Å². The summed E-state index contributed by atoms with van der Waals surface area (Å²) >= 11 is 0. The van der Waals surface area contributed by atoms with Gasteiger partial charge in [0.05, 0.1) is 21.7 Å². The minimum atomic E-state index is -0.786. The molecule has 0 bridgehead atoms. The van der Waals surface area contributed by atoms with Gasteiger partial charge in [-0.05, 0) is 41.5 Å². The van der Waals surface area contributed by atoms with Crippen molar-refractivity contribution in [3.8, 4) is 0 Å². The maximum absolute atomic E-state index is 13.0. The molecule has 0 radical (unpaired) electrons. The van der Waals surface area contributed by atoms with Crippen LogP contribution in [0.1, 0.15) is 48.3 Å². The Morgan fingerprint density at radius 3 is 1.89 bits per heavy atom. The van der Waals surface area contributed by atoms with E-state index in [0.29, 0.717) is 0 Å². The third-order valence-corrected chi connectivity index (χ3v) is 5.88. The van der Waals surface area contributed by atoms with Gasteiger partial charge >= 0.3 is 5.97 Å². The number of carbonyl (C=O) groups is 3. The van der Waals surface area contributed by atoms with Gasteiger partial charge in [-0.25, -0.2) is 9.69 Å². The Hall–Kier alpha value is -5.11. The van der Waals surface area contributed by atoms with E-state index in [0.717, 1.165) is 16.0 Å². The summed E-state index contributed by atoms with van der Waals surface area (Å²) in [4.78, 5) is 50.3. The van der Waals surface area contributed by atoms with Crippen LogP contribution >= 0.6 is 0 Å². The number of ether oxygens (including phenoxy) is 1. The van der Waals surface area contributed by atoms with Crippen molar-refractivity contribution in [2.75, 3.05) is 4.90 Å². The van der Waals surface area contributed by atoms with Crippen molar-refractivity contribution < 1.29 is 24.0 Å². The fourth-order valence-corrected chi connectivity index (χ4v) is 4.16. The van der Waals surface area contributed by atoms with Crippen LogP contribution in [0.3, 0.4) is 0 Å².